The fraction of sp³-hybridized carbons (Fsp3) is 0.182. The van der Waals surface area contributed by atoms with Crippen LogP contribution in [-0.2, 0) is 25.5 Å². The molecule has 2 aromatic rings. The summed E-state index contributed by atoms with van der Waals surface area (Å²) in [6.45, 7) is 1.66. The number of esters is 1. The largest absolute Gasteiger partial charge is 0.481 e. The van der Waals surface area contributed by atoms with E-state index in [1.807, 2.05) is 19.1 Å². The van der Waals surface area contributed by atoms with Gasteiger partial charge in [-0.3, -0.25) is 14.9 Å². The summed E-state index contributed by atoms with van der Waals surface area (Å²) in [6, 6.07) is 12.7. The number of carbonyl (C=O) groups is 4. The van der Waals surface area contributed by atoms with Gasteiger partial charge < -0.3 is 9.47 Å². The molecule has 1 aliphatic heterocycles. The van der Waals surface area contributed by atoms with Crippen molar-refractivity contribution in [2.45, 2.75) is 13.3 Å². The van der Waals surface area contributed by atoms with E-state index in [1.165, 1.54) is 13.2 Å². The highest BCUT2D eigenvalue weighted by Crippen LogP contribution is 2.25. The maximum Gasteiger partial charge on any atom is 0.343 e. The van der Waals surface area contributed by atoms with Crippen LogP contribution < -0.4 is 15.0 Å². The number of para-hydroxylation sites is 1. The molecule has 1 N–H and O–H groups in total. The molecule has 1 heterocycles. The highest BCUT2D eigenvalue weighted by Gasteiger charge is 2.36. The molecular weight excluding hydrogens is 388 g/mol. The normalized spacial score (nSPS) is 15.2. The second-order valence-electron chi connectivity index (χ2n) is 6.38. The Morgan fingerprint density at radius 2 is 1.77 bits per heavy atom. The predicted octanol–water partition coefficient (Wildman–Crippen LogP) is 2.47. The first kappa shape index (κ1) is 20.8. The molecule has 4 amide bonds. The van der Waals surface area contributed by atoms with E-state index >= 15 is 0 Å². The molecule has 3 rings (SSSR count). The number of nitrogens with one attached hydrogen (secondary N) is 1. The molecule has 1 saturated heterocycles. The lowest BCUT2D eigenvalue weighted by Crippen LogP contribution is -2.54. The Labute approximate surface area is 173 Å². The van der Waals surface area contributed by atoms with Crippen molar-refractivity contribution in [1.82, 2.24) is 5.32 Å². The van der Waals surface area contributed by atoms with Crippen LogP contribution in [0.2, 0.25) is 0 Å². The summed E-state index contributed by atoms with van der Waals surface area (Å²) in [6.07, 6.45) is 2.14. The number of urea groups is 1. The number of anilines is 1. The van der Waals surface area contributed by atoms with Crippen LogP contribution in [0.1, 0.15) is 18.1 Å². The second-order valence-corrected chi connectivity index (χ2v) is 6.38. The zero-order chi connectivity index (χ0) is 21.7. The van der Waals surface area contributed by atoms with Crippen LogP contribution in [-0.4, -0.2) is 37.5 Å². The number of imide groups is 2. The molecule has 0 aliphatic carbocycles. The molecule has 2 aromatic carbocycles. The number of barbiturate groups is 1. The predicted molar refractivity (Wildman–Crippen MR) is 109 cm³/mol. The van der Waals surface area contributed by atoms with E-state index in [0.29, 0.717) is 11.3 Å². The van der Waals surface area contributed by atoms with Crippen molar-refractivity contribution in [2.24, 2.45) is 0 Å². The molecule has 0 spiro atoms. The summed E-state index contributed by atoms with van der Waals surface area (Å²) in [5.74, 6) is -1.85. The molecule has 0 unspecified atom stereocenters. The van der Waals surface area contributed by atoms with Gasteiger partial charge in [0.25, 0.3) is 11.8 Å². The van der Waals surface area contributed by atoms with E-state index in [-0.39, 0.29) is 17.9 Å². The van der Waals surface area contributed by atoms with Crippen molar-refractivity contribution in [3.8, 4) is 5.75 Å². The Morgan fingerprint density at radius 1 is 1.07 bits per heavy atom. The third-order valence-corrected chi connectivity index (χ3v) is 4.50. The van der Waals surface area contributed by atoms with E-state index < -0.39 is 23.8 Å². The average Bonchev–Trinajstić information content (AvgIpc) is 2.76. The van der Waals surface area contributed by atoms with E-state index in [0.717, 1.165) is 16.9 Å². The van der Waals surface area contributed by atoms with Crippen molar-refractivity contribution < 1.29 is 28.7 Å². The molecule has 1 aliphatic rings. The van der Waals surface area contributed by atoms with Gasteiger partial charge in [-0.2, -0.15) is 0 Å². The SMILES string of the molecule is CCc1ccc(N2C(=O)NC(=O)/C(=C/c3ccccc3OCC(=O)OC)C2=O)cc1. The first-order chi connectivity index (χ1) is 14.4. The minimum absolute atomic E-state index is 0.233. The second kappa shape index (κ2) is 9.04. The van der Waals surface area contributed by atoms with Crippen LogP contribution >= 0.6 is 0 Å². The van der Waals surface area contributed by atoms with Crippen molar-refractivity contribution >= 4 is 35.6 Å². The maximum atomic E-state index is 13.0. The smallest absolute Gasteiger partial charge is 0.343 e. The van der Waals surface area contributed by atoms with Crippen molar-refractivity contribution in [1.29, 1.82) is 0 Å². The van der Waals surface area contributed by atoms with Gasteiger partial charge in [-0.25, -0.2) is 14.5 Å². The summed E-state index contributed by atoms with van der Waals surface area (Å²) in [7, 11) is 1.24. The molecule has 0 saturated carbocycles. The van der Waals surface area contributed by atoms with Crippen molar-refractivity contribution in [2.75, 3.05) is 18.6 Å². The van der Waals surface area contributed by atoms with Crippen LogP contribution in [0.25, 0.3) is 6.08 Å². The number of nitrogens with zero attached hydrogens (tertiary/aromatic N) is 1. The van der Waals surface area contributed by atoms with E-state index in [4.69, 9.17) is 4.74 Å². The summed E-state index contributed by atoms with van der Waals surface area (Å²) >= 11 is 0. The molecular formula is C22H20N2O6. The van der Waals surface area contributed by atoms with Crippen LogP contribution in [0.15, 0.2) is 54.1 Å². The third-order valence-electron chi connectivity index (χ3n) is 4.50. The molecule has 0 aromatic heterocycles. The fourth-order valence-corrected chi connectivity index (χ4v) is 2.85. The summed E-state index contributed by atoms with van der Waals surface area (Å²) in [5.41, 5.74) is 1.56. The number of hydrogen-bond acceptors (Lipinski definition) is 6. The molecule has 1 fully saturated rings. The minimum atomic E-state index is -0.818. The summed E-state index contributed by atoms with van der Waals surface area (Å²) < 4.78 is 9.96. The van der Waals surface area contributed by atoms with E-state index in [2.05, 4.69) is 10.1 Å². The highest BCUT2D eigenvalue weighted by atomic mass is 16.6. The quantitative estimate of drug-likeness (QED) is 0.448. The lowest BCUT2D eigenvalue weighted by Gasteiger charge is -2.26. The molecule has 8 heteroatoms. The van der Waals surface area contributed by atoms with E-state index in [1.54, 1.807) is 36.4 Å². The van der Waals surface area contributed by atoms with Gasteiger partial charge in [-0.15, -0.1) is 0 Å². The third kappa shape index (κ3) is 4.38. The van der Waals surface area contributed by atoms with Crippen LogP contribution in [0, 0.1) is 0 Å². The van der Waals surface area contributed by atoms with Gasteiger partial charge in [0.2, 0.25) is 0 Å². The number of ether oxygens (including phenoxy) is 2. The standard InChI is InChI=1S/C22H20N2O6/c1-3-14-8-10-16(11-9-14)24-21(27)17(20(26)23-22(24)28)12-15-6-4-5-7-18(15)30-13-19(25)29-2/h4-12H,3,13H2,1-2H3,(H,23,26,28)/b17-12-. The zero-order valence-electron chi connectivity index (χ0n) is 16.5. The number of rotatable bonds is 6. The Kier molecular flexibility index (Phi) is 6.26. The monoisotopic (exact) mass is 408 g/mol. The topological polar surface area (TPSA) is 102 Å². The number of carbonyl (C=O) groups excluding carboxylic acids is 4. The van der Waals surface area contributed by atoms with Gasteiger partial charge in [0.05, 0.1) is 12.8 Å². The number of methoxy groups -OCH3 is 1. The molecule has 0 bridgehead atoms. The molecule has 30 heavy (non-hydrogen) atoms. The van der Waals surface area contributed by atoms with E-state index in [9.17, 15) is 19.2 Å². The Hall–Kier alpha value is -3.94. The Morgan fingerprint density at radius 3 is 2.43 bits per heavy atom. The van der Waals surface area contributed by atoms with Gasteiger partial charge in [-0.1, -0.05) is 37.3 Å². The highest BCUT2D eigenvalue weighted by molar-refractivity contribution is 6.39. The van der Waals surface area contributed by atoms with Gasteiger partial charge >= 0.3 is 12.0 Å². The van der Waals surface area contributed by atoms with Crippen molar-refractivity contribution in [3.05, 3.63) is 65.2 Å². The van der Waals surface area contributed by atoms with Gasteiger partial charge in [0, 0.05) is 5.56 Å². The molecule has 0 atom stereocenters. The maximum absolute atomic E-state index is 13.0. The fourth-order valence-electron chi connectivity index (χ4n) is 2.85. The van der Waals surface area contributed by atoms with Gasteiger partial charge in [-0.05, 0) is 36.3 Å². The van der Waals surface area contributed by atoms with Crippen LogP contribution in [0.5, 0.6) is 5.75 Å². The van der Waals surface area contributed by atoms with Gasteiger partial charge in [0.15, 0.2) is 6.61 Å². The Bertz CT molecular complexity index is 1030. The average molecular weight is 408 g/mol. The van der Waals surface area contributed by atoms with Crippen LogP contribution in [0.4, 0.5) is 10.5 Å². The summed E-state index contributed by atoms with van der Waals surface area (Å²) in [5, 5.41) is 2.18. The molecule has 154 valence electrons. The summed E-state index contributed by atoms with van der Waals surface area (Å²) in [4.78, 5) is 49.9. The Balaban J connectivity index is 1.94. The molecule has 8 nitrogen and oxygen atoms in total. The lowest BCUT2D eigenvalue weighted by molar-refractivity contribution is -0.143. The number of benzene rings is 2. The number of amides is 4. The number of aryl methyl sites for hydroxylation is 1. The lowest BCUT2D eigenvalue weighted by atomic mass is 10.1. The first-order valence-electron chi connectivity index (χ1n) is 9.23. The van der Waals surface area contributed by atoms with Crippen LogP contribution in [0.3, 0.4) is 0 Å². The zero-order valence-corrected chi connectivity index (χ0v) is 16.5. The number of hydrogen-bond donors (Lipinski definition) is 1. The minimum Gasteiger partial charge on any atom is -0.481 e. The first-order valence-corrected chi connectivity index (χ1v) is 9.23. The van der Waals surface area contributed by atoms with Crippen molar-refractivity contribution in [3.63, 3.8) is 0 Å². The molecule has 0 radical (unpaired) electrons. The van der Waals surface area contributed by atoms with Gasteiger partial charge in [0.1, 0.15) is 11.3 Å².